The van der Waals surface area contributed by atoms with Crippen LogP contribution in [-0.2, 0) is 0 Å². The summed E-state index contributed by atoms with van der Waals surface area (Å²) in [6.45, 7) is 3.48. The van der Waals surface area contributed by atoms with Crippen LogP contribution in [-0.4, -0.2) is 29.3 Å². The lowest BCUT2D eigenvalue weighted by molar-refractivity contribution is 0.0692. The van der Waals surface area contributed by atoms with Gasteiger partial charge in [0, 0.05) is 5.92 Å². The Labute approximate surface area is 99.6 Å². The molecule has 1 saturated heterocycles. The first-order valence-electron chi connectivity index (χ1n) is 5.10. The van der Waals surface area contributed by atoms with E-state index in [1.807, 2.05) is 0 Å². The van der Waals surface area contributed by atoms with Crippen molar-refractivity contribution in [2.24, 2.45) is 0 Å². The molecule has 16 heavy (non-hydrogen) atoms. The molecule has 1 aromatic heterocycles. The van der Waals surface area contributed by atoms with Crippen LogP contribution in [0.5, 0.6) is 0 Å². The van der Waals surface area contributed by atoms with E-state index in [9.17, 15) is 4.79 Å². The van der Waals surface area contributed by atoms with Crippen LogP contribution in [0.3, 0.4) is 0 Å². The molecule has 0 spiro atoms. The van der Waals surface area contributed by atoms with Gasteiger partial charge in [0.15, 0.2) is 5.76 Å². The summed E-state index contributed by atoms with van der Waals surface area (Å²) in [5.41, 5.74) is 0.720. The second kappa shape index (κ2) is 5.32. The van der Waals surface area contributed by atoms with E-state index in [0.717, 1.165) is 25.9 Å². The summed E-state index contributed by atoms with van der Waals surface area (Å²) in [4.78, 5) is 11.0. The Morgan fingerprint density at radius 3 is 2.69 bits per heavy atom. The molecule has 2 rings (SSSR count). The van der Waals surface area contributed by atoms with Gasteiger partial charge in [-0.3, -0.25) is 0 Å². The minimum atomic E-state index is -0.942. The van der Waals surface area contributed by atoms with Gasteiger partial charge in [-0.05, 0) is 32.9 Å². The van der Waals surface area contributed by atoms with E-state index in [-0.39, 0.29) is 23.9 Å². The van der Waals surface area contributed by atoms with Crippen molar-refractivity contribution in [2.75, 3.05) is 13.1 Å². The number of nitrogens with one attached hydrogen (secondary N) is 1. The number of nitrogens with zero attached hydrogens (tertiary/aromatic N) is 1. The van der Waals surface area contributed by atoms with Crippen LogP contribution < -0.4 is 5.32 Å². The highest BCUT2D eigenvalue weighted by atomic mass is 35.5. The SMILES string of the molecule is Cc1noc(C2CCNCC2)c1C(=O)O.Cl. The van der Waals surface area contributed by atoms with Crippen molar-refractivity contribution in [2.45, 2.75) is 25.7 Å². The fraction of sp³-hybridized carbons (Fsp3) is 0.600. The molecule has 0 atom stereocenters. The van der Waals surface area contributed by atoms with E-state index in [1.54, 1.807) is 6.92 Å². The number of hydrogen-bond acceptors (Lipinski definition) is 4. The third-order valence-electron chi connectivity index (χ3n) is 2.81. The minimum absolute atomic E-state index is 0. The first-order valence-corrected chi connectivity index (χ1v) is 5.10. The fourth-order valence-corrected chi connectivity index (χ4v) is 2.01. The van der Waals surface area contributed by atoms with E-state index >= 15 is 0 Å². The molecule has 5 nitrogen and oxygen atoms in total. The van der Waals surface area contributed by atoms with Gasteiger partial charge in [0.25, 0.3) is 0 Å². The Morgan fingerprint density at radius 1 is 1.50 bits per heavy atom. The third kappa shape index (κ3) is 2.36. The quantitative estimate of drug-likeness (QED) is 0.829. The Kier molecular flexibility index (Phi) is 4.32. The lowest BCUT2D eigenvalue weighted by Gasteiger charge is -2.20. The highest BCUT2D eigenvalue weighted by Gasteiger charge is 2.27. The van der Waals surface area contributed by atoms with Crippen LogP contribution in [0.2, 0.25) is 0 Å². The van der Waals surface area contributed by atoms with Gasteiger partial charge in [0.1, 0.15) is 5.56 Å². The van der Waals surface area contributed by atoms with Gasteiger partial charge >= 0.3 is 5.97 Å². The normalized spacial score (nSPS) is 16.8. The summed E-state index contributed by atoms with van der Waals surface area (Å²) in [6.07, 6.45) is 1.82. The van der Waals surface area contributed by atoms with Crippen LogP contribution in [0.15, 0.2) is 4.52 Å². The molecule has 0 aromatic carbocycles. The summed E-state index contributed by atoms with van der Waals surface area (Å²) in [7, 11) is 0. The topological polar surface area (TPSA) is 75.4 Å². The van der Waals surface area contributed by atoms with Crippen LogP contribution in [0.1, 0.15) is 40.6 Å². The number of carboxylic acids is 1. The molecule has 0 unspecified atom stereocenters. The zero-order valence-corrected chi connectivity index (χ0v) is 9.84. The van der Waals surface area contributed by atoms with Crippen LogP contribution in [0, 0.1) is 6.92 Å². The second-order valence-corrected chi connectivity index (χ2v) is 3.84. The van der Waals surface area contributed by atoms with Crippen LogP contribution in [0.4, 0.5) is 0 Å². The number of rotatable bonds is 2. The summed E-state index contributed by atoms with van der Waals surface area (Å²) >= 11 is 0. The first-order chi connectivity index (χ1) is 7.20. The van der Waals surface area contributed by atoms with Gasteiger partial charge in [-0.1, -0.05) is 5.16 Å². The molecule has 0 bridgehead atoms. The minimum Gasteiger partial charge on any atom is -0.477 e. The third-order valence-corrected chi connectivity index (χ3v) is 2.81. The van der Waals surface area contributed by atoms with Gasteiger partial charge in [-0.15, -0.1) is 12.4 Å². The molecule has 1 fully saturated rings. The number of aromatic carboxylic acids is 1. The Morgan fingerprint density at radius 2 is 2.12 bits per heavy atom. The van der Waals surface area contributed by atoms with E-state index in [0.29, 0.717) is 11.5 Å². The van der Waals surface area contributed by atoms with Crippen molar-refractivity contribution >= 4 is 18.4 Å². The maximum atomic E-state index is 11.0. The van der Waals surface area contributed by atoms with Gasteiger partial charge < -0.3 is 14.9 Å². The van der Waals surface area contributed by atoms with Gasteiger partial charge in [0.05, 0.1) is 5.69 Å². The Hall–Kier alpha value is -1.07. The van der Waals surface area contributed by atoms with Crippen LogP contribution >= 0.6 is 12.4 Å². The zero-order chi connectivity index (χ0) is 10.8. The molecule has 0 saturated carbocycles. The van der Waals surface area contributed by atoms with E-state index in [1.165, 1.54) is 0 Å². The Balaban J connectivity index is 0.00000128. The molecule has 90 valence electrons. The molecule has 0 radical (unpaired) electrons. The van der Waals surface area contributed by atoms with E-state index in [4.69, 9.17) is 9.63 Å². The maximum Gasteiger partial charge on any atom is 0.341 e. The average Bonchev–Trinajstić information content (AvgIpc) is 2.61. The summed E-state index contributed by atoms with van der Waals surface area (Å²) < 4.78 is 5.14. The van der Waals surface area contributed by atoms with Crippen molar-refractivity contribution in [3.8, 4) is 0 Å². The van der Waals surface area contributed by atoms with E-state index < -0.39 is 5.97 Å². The molecule has 0 aliphatic carbocycles. The lowest BCUT2D eigenvalue weighted by atomic mass is 9.92. The number of carboxylic acid groups (broad SMARTS) is 1. The van der Waals surface area contributed by atoms with Gasteiger partial charge in [-0.2, -0.15) is 0 Å². The first kappa shape index (κ1) is 13.0. The highest BCUT2D eigenvalue weighted by Crippen LogP contribution is 2.29. The second-order valence-electron chi connectivity index (χ2n) is 3.84. The van der Waals surface area contributed by atoms with Crippen molar-refractivity contribution in [3.63, 3.8) is 0 Å². The molecule has 6 heteroatoms. The zero-order valence-electron chi connectivity index (χ0n) is 9.02. The predicted molar refractivity (Wildman–Crippen MR) is 60.3 cm³/mol. The molecule has 0 amide bonds. The fourth-order valence-electron chi connectivity index (χ4n) is 2.01. The maximum absolute atomic E-state index is 11.0. The average molecular weight is 247 g/mol. The largest absolute Gasteiger partial charge is 0.477 e. The molecule has 1 aliphatic heterocycles. The number of aromatic nitrogens is 1. The molecule has 1 aliphatic rings. The summed E-state index contributed by atoms with van der Waals surface area (Å²) in [5, 5.41) is 16.0. The van der Waals surface area contributed by atoms with Gasteiger partial charge in [-0.25, -0.2) is 4.79 Å². The number of hydrogen-bond donors (Lipinski definition) is 2. The summed E-state index contributed by atoms with van der Waals surface area (Å²) in [5.74, 6) is -0.206. The summed E-state index contributed by atoms with van der Waals surface area (Å²) in [6, 6.07) is 0. The number of aryl methyl sites for hydroxylation is 1. The lowest BCUT2D eigenvalue weighted by Crippen LogP contribution is -2.27. The molecular formula is C10H15ClN2O3. The van der Waals surface area contributed by atoms with Gasteiger partial charge in [0.2, 0.25) is 0 Å². The predicted octanol–water partition coefficient (Wildman–Crippen LogP) is 1.57. The molecule has 2 N–H and O–H groups in total. The molecule has 1 aromatic rings. The van der Waals surface area contributed by atoms with Crippen molar-refractivity contribution in [1.29, 1.82) is 0 Å². The monoisotopic (exact) mass is 246 g/mol. The molecule has 2 heterocycles. The van der Waals surface area contributed by atoms with E-state index in [2.05, 4.69) is 10.5 Å². The van der Waals surface area contributed by atoms with Crippen molar-refractivity contribution < 1.29 is 14.4 Å². The standard InChI is InChI=1S/C10H14N2O3.ClH/c1-6-8(10(13)14)9(15-12-6)7-2-4-11-5-3-7;/h7,11H,2-5H2,1H3,(H,13,14);1H. The van der Waals surface area contributed by atoms with Crippen LogP contribution in [0.25, 0.3) is 0 Å². The number of halogens is 1. The highest BCUT2D eigenvalue weighted by molar-refractivity contribution is 5.90. The number of carbonyl (C=O) groups is 1. The Bertz CT molecular complexity index is 372. The number of piperidine rings is 1. The van der Waals surface area contributed by atoms with Crippen molar-refractivity contribution in [1.82, 2.24) is 10.5 Å². The molecular weight excluding hydrogens is 232 g/mol. The smallest absolute Gasteiger partial charge is 0.341 e. The van der Waals surface area contributed by atoms with Crippen molar-refractivity contribution in [3.05, 3.63) is 17.0 Å².